The third-order valence-electron chi connectivity index (χ3n) is 7.19. The number of aliphatic hydroxyl groups is 1. The van der Waals surface area contributed by atoms with Gasteiger partial charge in [-0.3, -0.25) is 4.98 Å². The van der Waals surface area contributed by atoms with E-state index in [-0.39, 0.29) is 42.9 Å². The van der Waals surface area contributed by atoms with E-state index in [1.165, 1.54) is 17.3 Å². The van der Waals surface area contributed by atoms with Gasteiger partial charge in [0.2, 0.25) is 0 Å². The van der Waals surface area contributed by atoms with Crippen molar-refractivity contribution in [2.24, 2.45) is 11.8 Å². The summed E-state index contributed by atoms with van der Waals surface area (Å²) in [6, 6.07) is 7.75. The molecule has 0 saturated heterocycles. The molecule has 3 unspecified atom stereocenters. The molecule has 9 heteroatoms. The zero-order valence-corrected chi connectivity index (χ0v) is 27.1. The minimum absolute atomic E-state index is 0. The molecule has 1 heterocycles. The minimum Gasteiger partial charge on any atom is -0.461 e. The van der Waals surface area contributed by atoms with E-state index in [1.807, 2.05) is 44.7 Å². The zero-order chi connectivity index (χ0) is 27.2. The van der Waals surface area contributed by atoms with Crippen molar-refractivity contribution < 1.29 is 45.4 Å². The summed E-state index contributed by atoms with van der Waals surface area (Å²) in [6.45, 7) is 9.76. The number of anilines is 2. The quantitative estimate of drug-likeness (QED) is 0.261. The Morgan fingerprint density at radius 3 is 2.63 bits per heavy atom. The van der Waals surface area contributed by atoms with Crippen LogP contribution in [0.1, 0.15) is 70.2 Å². The molecule has 0 radical (unpaired) electrons. The predicted molar refractivity (Wildman–Crippen MR) is 143 cm³/mol. The zero-order valence-electron chi connectivity index (χ0n) is 22.9. The summed E-state index contributed by atoms with van der Waals surface area (Å²) in [5.74, 6) is 0.134. The van der Waals surface area contributed by atoms with Crippen LogP contribution in [0.25, 0.3) is 0 Å². The minimum atomic E-state index is -1.36. The molecule has 1 aromatic heterocycles. The van der Waals surface area contributed by atoms with Crippen LogP contribution in [0, 0.1) is 61.2 Å². The third kappa shape index (κ3) is 8.12. The van der Waals surface area contributed by atoms with Gasteiger partial charge in [0.25, 0.3) is 0 Å². The van der Waals surface area contributed by atoms with Crippen LogP contribution in [0.15, 0.2) is 42.9 Å². The second-order valence-corrected chi connectivity index (χ2v) is 10.7. The number of nitrogens with zero attached hydrogens (tertiary/aromatic N) is 5. The molecule has 0 bridgehead atoms. The largest absolute Gasteiger partial charge is 0.461 e. The Balaban J connectivity index is 0.00000507. The van der Waals surface area contributed by atoms with Crippen LogP contribution >= 0.6 is 0 Å². The Labute approximate surface area is 249 Å². The third-order valence-corrected chi connectivity index (χ3v) is 7.19. The molecule has 1 aromatic carbocycles. The standard InChI is InChI=1S/C29H37FN5O2.U/c1-6-7-12-34(25-14-22(15-31)9-8-21(25)2)19-24-13-23(10-11-29(24,5)30)18-35(20-36)27-17-32-26(16-33-27)28(3,4)37;/h7-9,12,14,16-17,23-24,37H,6,10-11,13,18-19H2,1-5H3;/q-1;/b12-7-;. The van der Waals surface area contributed by atoms with Gasteiger partial charge in [0, 0.05) is 67.5 Å². The number of carbonyl (C=O) groups excluding carboxylic acids is 1. The first-order valence-corrected chi connectivity index (χ1v) is 12.8. The van der Waals surface area contributed by atoms with Crippen molar-refractivity contribution >= 4 is 17.9 Å². The number of aromatic nitrogens is 2. The van der Waals surface area contributed by atoms with Crippen molar-refractivity contribution in [2.45, 2.75) is 71.6 Å². The molecule has 1 aliphatic rings. The van der Waals surface area contributed by atoms with Gasteiger partial charge in [-0.2, -0.15) is 5.26 Å². The summed E-state index contributed by atoms with van der Waals surface area (Å²) in [4.78, 5) is 23.8. The van der Waals surface area contributed by atoms with Gasteiger partial charge in [-0.05, 0) is 89.7 Å². The first-order valence-electron chi connectivity index (χ1n) is 12.8. The van der Waals surface area contributed by atoms with E-state index in [1.54, 1.807) is 26.8 Å². The number of aryl methyl sites for hydroxylation is 1. The van der Waals surface area contributed by atoms with Crippen LogP contribution < -0.4 is 9.80 Å². The average molecular weight is 745 g/mol. The predicted octanol–water partition coefficient (Wildman–Crippen LogP) is 5.33. The number of benzene rings is 1. The SMILES string of the molecule is CC/C=C\N(CC1CC(CN([C-]=O)c2cnc(C(C)(C)O)cn2)CCC1(C)F)c1cc(C#N)ccc1C.[U]. The van der Waals surface area contributed by atoms with E-state index in [2.05, 4.69) is 20.9 Å². The van der Waals surface area contributed by atoms with Crippen molar-refractivity contribution in [3.63, 3.8) is 0 Å². The summed E-state index contributed by atoms with van der Waals surface area (Å²) >= 11 is 0. The molecule has 1 N–H and O–H groups in total. The van der Waals surface area contributed by atoms with Gasteiger partial charge in [-0.1, -0.05) is 19.1 Å². The maximum absolute atomic E-state index is 15.8. The summed E-state index contributed by atoms with van der Waals surface area (Å²) < 4.78 is 15.8. The number of nitriles is 1. The smallest absolute Gasteiger partial charge is 0.112 e. The van der Waals surface area contributed by atoms with Gasteiger partial charge in [-0.15, -0.1) is 0 Å². The van der Waals surface area contributed by atoms with Gasteiger partial charge in [0.1, 0.15) is 11.3 Å². The molecular formula is C29H37FN5O2U-. The monoisotopic (exact) mass is 744 g/mol. The van der Waals surface area contributed by atoms with Crippen LogP contribution in [-0.4, -0.2) is 40.2 Å². The molecule has 3 atom stereocenters. The molecule has 7 nitrogen and oxygen atoms in total. The Kier molecular flexibility index (Phi) is 11.5. The normalized spacial score (nSPS) is 21.4. The first-order chi connectivity index (χ1) is 17.5. The summed E-state index contributed by atoms with van der Waals surface area (Å²) in [5.41, 5.74) is 0.388. The van der Waals surface area contributed by atoms with Crippen molar-refractivity contribution in [3.05, 3.63) is 59.7 Å². The second-order valence-electron chi connectivity index (χ2n) is 10.7. The average Bonchev–Trinajstić information content (AvgIpc) is 2.86. The Hall–Kier alpha value is -2.26. The Morgan fingerprint density at radius 2 is 2.05 bits per heavy atom. The molecule has 1 saturated carbocycles. The summed E-state index contributed by atoms with van der Waals surface area (Å²) in [5, 5.41) is 19.5. The first kappa shape index (κ1) is 32.0. The molecular weight excluding hydrogens is 707 g/mol. The van der Waals surface area contributed by atoms with Crippen LogP contribution in [0.4, 0.5) is 15.9 Å². The van der Waals surface area contributed by atoms with E-state index in [0.717, 1.165) is 17.7 Å². The molecule has 1 amide bonds. The fraction of sp³-hybridized carbons (Fsp3) is 0.517. The molecule has 2 aromatic rings. The van der Waals surface area contributed by atoms with E-state index >= 15 is 4.39 Å². The second kappa shape index (κ2) is 13.7. The number of hydrogen-bond donors (Lipinski definition) is 1. The Bertz CT molecular complexity index is 1140. The Morgan fingerprint density at radius 1 is 1.32 bits per heavy atom. The van der Waals surface area contributed by atoms with Gasteiger partial charge < -0.3 is 24.7 Å². The van der Waals surface area contributed by atoms with E-state index in [9.17, 15) is 15.2 Å². The molecule has 0 aliphatic heterocycles. The van der Waals surface area contributed by atoms with Crippen LogP contribution in [0.2, 0.25) is 0 Å². The molecule has 1 aliphatic carbocycles. The van der Waals surface area contributed by atoms with E-state index in [0.29, 0.717) is 49.4 Å². The van der Waals surface area contributed by atoms with Gasteiger partial charge >= 0.3 is 0 Å². The van der Waals surface area contributed by atoms with Crippen LogP contribution in [-0.2, 0) is 10.4 Å². The molecule has 202 valence electrons. The molecule has 38 heavy (non-hydrogen) atoms. The number of amides is 1. The topological polar surface area (TPSA) is 93.3 Å². The van der Waals surface area contributed by atoms with Crippen molar-refractivity contribution in [1.29, 1.82) is 5.26 Å². The fourth-order valence-electron chi connectivity index (χ4n) is 4.80. The number of halogens is 1. The number of rotatable bonds is 10. The number of hydrogen-bond acceptors (Lipinski definition) is 6. The van der Waals surface area contributed by atoms with E-state index in [4.69, 9.17) is 0 Å². The maximum atomic E-state index is 15.8. The van der Waals surface area contributed by atoms with Crippen molar-refractivity contribution in [1.82, 2.24) is 9.97 Å². The molecule has 1 fully saturated rings. The number of alkyl halides is 1. The van der Waals surface area contributed by atoms with E-state index < -0.39 is 11.3 Å². The van der Waals surface area contributed by atoms with Gasteiger partial charge in [0.05, 0.1) is 23.7 Å². The van der Waals surface area contributed by atoms with Crippen LogP contribution in [0.3, 0.4) is 0 Å². The molecule has 0 spiro atoms. The van der Waals surface area contributed by atoms with Crippen molar-refractivity contribution in [2.75, 3.05) is 22.9 Å². The fourth-order valence-corrected chi connectivity index (χ4v) is 4.80. The maximum Gasteiger partial charge on any atom is 0.112 e. The van der Waals surface area contributed by atoms with Crippen LogP contribution in [0.5, 0.6) is 0 Å². The molecule has 3 rings (SSSR count). The number of allylic oxidation sites excluding steroid dienone is 1. The summed E-state index contributed by atoms with van der Waals surface area (Å²) in [6.07, 6.45) is 11.3. The summed E-state index contributed by atoms with van der Waals surface area (Å²) in [7, 11) is 0. The van der Waals surface area contributed by atoms with Gasteiger partial charge in [0.15, 0.2) is 0 Å². The van der Waals surface area contributed by atoms with Crippen molar-refractivity contribution in [3.8, 4) is 6.07 Å². The van der Waals surface area contributed by atoms with Gasteiger partial charge in [-0.25, -0.2) is 4.39 Å².